The molecule has 9 N–H and O–H groups in total. The predicted molar refractivity (Wildman–Crippen MR) is 122 cm³/mol. The zero-order chi connectivity index (χ0) is 25.8. The van der Waals surface area contributed by atoms with Gasteiger partial charge in [-0.15, -0.1) is 0 Å². The van der Waals surface area contributed by atoms with Crippen molar-refractivity contribution in [3.63, 3.8) is 0 Å². The van der Waals surface area contributed by atoms with Crippen molar-refractivity contribution >= 4 is 29.6 Å². The number of nitrogens with two attached hydrogens (primary N) is 2. The van der Waals surface area contributed by atoms with Gasteiger partial charge in [-0.2, -0.15) is 0 Å². The van der Waals surface area contributed by atoms with Gasteiger partial charge in [0.25, 0.3) is 0 Å². The van der Waals surface area contributed by atoms with Crippen LogP contribution in [0.15, 0.2) is 24.3 Å². The summed E-state index contributed by atoms with van der Waals surface area (Å²) in [4.78, 5) is 59.8. The molecular weight excluding hydrogens is 446 g/mol. The van der Waals surface area contributed by atoms with Crippen molar-refractivity contribution in [2.24, 2.45) is 17.4 Å². The summed E-state index contributed by atoms with van der Waals surface area (Å²) in [5.74, 6) is -4.34. The van der Waals surface area contributed by atoms with Crippen molar-refractivity contribution in [3.8, 4) is 5.75 Å². The van der Waals surface area contributed by atoms with Crippen molar-refractivity contribution < 1.29 is 34.2 Å². The molecule has 4 unspecified atom stereocenters. The van der Waals surface area contributed by atoms with Gasteiger partial charge in [-0.25, -0.2) is 4.79 Å². The van der Waals surface area contributed by atoms with Gasteiger partial charge in [0, 0.05) is 6.42 Å². The number of hydrogen-bond donors (Lipinski definition) is 7. The summed E-state index contributed by atoms with van der Waals surface area (Å²) in [7, 11) is 0. The fourth-order valence-corrected chi connectivity index (χ4v) is 3.01. The van der Waals surface area contributed by atoms with Crippen LogP contribution in [-0.4, -0.2) is 64.5 Å². The number of hydrogen-bond acceptors (Lipinski definition) is 7. The second-order valence-electron chi connectivity index (χ2n) is 8.03. The molecule has 4 amide bonds. The van der Waals surface area contributed by atoms with Gasteiger partial charge in [-0.1, -0.05) is 32.4 Å². The Labute approximate surface area is 197 Å². The van der Waals surface area contributed by atoms with Gasteiger partial charge < -0.3 is 37.6 Å². The lowest BCUT2D eigenvalue weighted by atomic mass is 9.98. The zero-order valence-electron chi connectivity index (χ0n) is 19.2. The van der Waals surface area contributed by atoms with Crippen molar-refractivity contribution in [2.45, 2.75) is 57.7 Å². The van der Waals surface area contributed by atoms with E-state index in [9.17, 15) is 34.2 Å². The molecule has 0 aromatic heterocycles. The summed E-state index contributed by atoms with van der Waals surface area (Å²) in [6, 6.07) is 2.78. The molecule has 0 aliphatic heterocycles. The largest absolute Gasteiger partial charge is 0.508 e. The number of carbonyl (C=O) groups is 5. The molecule has 0 bridgehead atoms. The summed E-state index contributed by atoms with van der Waals surface area (Å²) in [6.45, 7) is 2.94. The van der Waals surface area contributed by atoms with E-state index < -0.39 is 54.3 Å². The smallest absolute Gasteiger partial charge is 0.326 e. The fraction of sp³-hybridized carbons (Fsp3) is 0.500. The number of amides is 4. The standard InChI is InChI=1S/C22H33N5O7/c1-3-12(2)19(22(33)34)27-21(32)16(8-9-17(24)29)26-18(30)11-25-20(31)15(23)10-13-4-6-14(28)7-5-13/h4-7,12,15-16,19,28H,3,8-11,23H2,1-2H3,(H2,24,29)(H,25,31)(H,26,30)(H,27,32)(H,33,34). The van der Waals surface area contributed by atoms with Crippen LogP contribution in [0.25, 0.3) is 0 Å². The molecule has 0 spiro atoms. The Hall–Kier alpha value is -3.67. The van der Waals surface area contributed by atoms with Crippen LogP contribution in [-0.2, 0) is 30.4 Å². The van der Waals surface area contributed by atoms with Gasteiger partial charge >= 0.3 is 5.97 Å². The molecule has 1 aromatic carbocycles. The van der Waals surface area contributed by atoms with E-state index in [1.807, 2.05) is 0 Å². The zero-order valence-corrected chi connectivity index (χ0v) is 19.2. The average molecular weight is 480 g/mol. The molecular formula is C22H33N5O7. The number of benzene rings is 1. The van der Waals surface area contributed by atoms with E-state index >= 15 is 0 Å². The first kappa shape index (κ1) is 28.4. The minimum atomic E-state index is -1.23. The number of carbonyl (C=O) groups excluding carboxylic acids is 4. The van der Waals surface area contributed by atoms with Crippen LogP contribution in [0.2, 0.25) is 0 Å². The molecule has 0 saturated carbocycles. The molecule has 188 valence electrons. The lowest BCUT2D eigenvalue weighted by Crippen LogP contribution is -2.55. The number of carboxylic acids is 1. The molecule has 0 aliphatic carbocycles. The van der Waals surface area contributed by atoms with Crippen molar-refractivity contribution in [3.05, 3.63) is 29.8 Å². The molecule has 4 atom stereocenters. The van der Waals surface area contributed by atoms with Crippen LogP contribution in [0.3, 0.4) is 0 Å². The minimum Gasteiger partial charge on any atom is -0.508 e. The molecule has 0 saturated heterocycles. The van der Waals surface area contributed by atoms with Gasteiger partial charge in [0.2, 0.25) is 23.6 Å². The third-order valence-corrected chi connectivity index (χ3v) is 5.26. The van der Waals surface area contributed by atoms with E-state index in [1.54, 1.807) is 26.0 Å². The SMILES string of the molecule is CCC(C)C(NC(=O)C(CCC(N)=O)NC(=O)CNC(=O)C(N)Cc1ccc(O)cc1)C(=O)O. The molecule has 12 nitrogen and oxygen atoms in total. The van der Waals surface area contributed by atoms with E-state index in [-0.39, 0.29) is 30.9 Å². The maximum absolute atomic E-state index is 12.6. The second kappa shape index (κ2) is 13.8. The molecule has 34 heavy (non-hydrogen) atoms. The van der Waals surface area contributed by atoms with Crippen LogP contribution in [0, 0.1) is 5.92 Å². The Kier molecular flexibility index (Phi) is 11.5. The van der Waals surface area contributed by atoms with Crippen molar-refractivity contribution in [2.75, 3.05) is 6.54 Å². The van der Waals surface area contributed by atoms with E-state index in [0.717, 1.165) is 0 Å². The fourth-order valence-electron chi connectivity index (χ4n) is 3.01. The van der Waals surface area contributed by atoms with Gasteiger partial charge in [0.05, 0.1) is 12.6 Å². The first-order valence-electron chi connectivity index (χ1n) is 10.9. The summed E-state index contributed by atoms with van der Waals surface area (Å²) < 4.78 is 0. The highest BCUT2D eigenvalue weighted by Crippen LogP contribution is 2.11. The molecule has 0 fully saturated rings. The number of phenolic OH excluding ortho intramolecular Hbond substituents is 1. The molecule has 1 rings (SSSR count). The Morgan fingerprint density at radius 3 is 2.18 bits per heavy atom. The van der Waals surface area contributed by atoms with E-state index in [0.29, 0.717) is 12.0 Å². The Balaban J connectivity index is 2.70. The number of rotatable bonds is 14. The molecule has 1 aromatic rings. The number of carboxylic acid groups (broad SMARTS) is 1. The summed E-state index contributed by atoms with van der Waals surface area (Å²) in [6.07, 6.45) is 0.299. The van der Waals surface area contributed by atoms with Crippen molar-refractivity contribution in [1.82, 2.24) is 16.0 Å². The Bertz CT molecular complexity index is 875. The molecule has 0 aliphatic rings. The normalized spacial score (nSPS) is 14.2. The summed E-state index contributed by atoms with van der Waals surface area (Å²) >= 11 is 0. The third kappa shape index (κ3) is 9.86. The van der Waals surface area contributed by atoms with Gasteiger partial charge in [0.1, 0.15) is 17.8 Å². The summed E-state index contributed by atoms with van der Waals surface area (Å²) in [5, 5.41) is 25.8. The highest BCUT2D eigenvalue weighted by molar-refractivity contribution is 5.93. The van der Waals surface area contributed by atoms with Crippen LogP contribution in [0.1, 0.15) is 38.7 Å². The highest BCUT2D eigenvalue weighted by Gasteiger charge is 2.29. The maximum Gasteiger partial charge on any atom is 0.326 e. The first-order chi connectivity index (χ1) is 15.9. The minimum absolute atomic E-state index is 0.0761. The lowest BCUT2D eigenvalue weighted by molar-refractivity contribution is -0.144. The molecule has 12 heteroatoms. The van der Waals surface area contributed by atoms with E-state index in [2.05, 4.69) is 16.0 Å². The van der Waals surface area contributed by atoms with Crippen LogP contribution in [0.5, 0.6) is 5.75 Å². The summed E-state index contributed by atoms with van der Waals surface area (Å²) in [5.41, 5.74) is 11.7. The van der Waals surface area contributed by atoms with Crippen LogP contribution < -0.4 is 27.4 Å². The monoisotopic (exact) mass is 479 g/mol. The van der Waals surface area contributed by atoms with E-state index in [4.69, 9.17) is 11.5 Å². The number of nitrogens with one attached hydrogen (secondary N) is 3. The quantitative estimate of drug-likeness (QED) is 0.171. The van der Waals surface area contributed by atoms with Crippen LogP contribution in [0.4, 0.5) is 0 Å². The molecule has 0 radical (unpaired) electrons. The Morgan fingerprint density at radius 1 is 1.03 bits per heavy atom. The van der Waals surface area contributed by atoms with Gasteiger partial charge in [-0.3, -0.25) is 19.2 Å². The van der Waals surface area contributed by atoms with E-state index in [1.165, 1.54) is 12.1 Å². The van der Waals surface area contributed by atoms with Crippen molar-refractivity contribution in [1.29, 1.82) is 0 Å². The third-order valence-electron chi connectivity index (χ3n) is 5.26. The predicted octanol–water partition coefficient (Wildman–Crippen LogP) is -1.26. The highest BCUT2D eigenvalue weighted by atomic mass is 16.4. The maximum atomic E-state index is 12.6. The number of primary amides is 1. The lowest BCUT2D eigenvalue weighted by Gasteiger charge is -2.24. The topological polar surface area (TPSA) is 214 Å². The number of aromatic hydroxyl groups is 1. The number of aliphatic carboxylic acids is 1. The average Bonchev–Trinajstić information content (AvgIpc) is 2.78. The Morgan fingerprint density at radius 2 is 1.65 bits per heavy atom. The molecule has 0 heterocycles. The number of phenols is 1. The first-order valence-corrected chi connectivity index (χ1v) is 10.9. The van der Waals surface area contributed by atoms with Gasteiger partial charge in [-0.05, 0) is 36.5 Å². The van der Waals surface area contributed by atoms with Gasteiger partial charge in [0.15, 0.2) is 0 Å². The second-order valence-corrected chi connectivity index (χ2v) is 8.03. The van der Waals surface area contributed by atoms with Crippen LogP contribution >= 0.6 is 0 Å².